The number of nitrogens with zero attached hydrogens (tertiary/aromatic N) is 2. The summed E-state index contributed by atoms with van der Waals surface area (Å²) in [5.41, 5.74) is 8.01. The van der Waals surface area contributed by atoms with Crippen LogP contribution in [0.2, 0.25) is 5.02 Å². The van der Waals surface area contributed by atoms with E-state index in [4.69, 9.17) is 27.1 Å². The molecule has 0 radical (unpaired) electrons. The van der Waals surface area contributed by atoms with Crippen molar-refractivity contribution in [1.29, 1.82) is 0 Å². The molecule has 2 N–H and O–H groups in total. The zero-order chi connectivity index (χ0) is 14.1. The molecule has 2 heterocycles. The van der Waals surface area contributed by atoms with Crippen molar-refractivity contribution < 1.29 is 4.74 Å². The van der Waals surface area contributed by atoms with Crippen LogP contribution in [0.4, 0.5) is 5.82 Å². The first-order valence-corrected chi connectivity index (χ1v) is 7.22. The Hall–Kier alpha value is -1.36. The van der Waals surface area contributed by atoms with Crippen LogP contribution < -0.4 is 10.6 Å². The fraction of sp³-hybridized carbons (Fsp3) is 0.400. The Morgan fingerprint density at radius 2 is 2.10 bits per heavy atom. The smallest absolute Gasteiger partial charge is 0.134 e. The number of anilines is 1. The highest BCUT2D eigenvalue weighted by Crippen LogP contribution is 2.31. The summed E-state index contributed by atoms with van der Waals surface area (Å²) < 4.78 is 5.41. The van der Waals surface area contributed by atoms with Crippen molar-refractivity contribution in [3.63, 3.8) is 0 Å². The molecule has 0 saturated carbocycles. The third kappa shape index (κ3) is 2.46. The second kappa shape index (κ2) is 5.56. The Morgan fingerprint density at radius 1 is 1.35 bits per heavy atom. The van der Waals surface area contributed by atoms with E-state index in [0.717, 1.165) is 48.6 Å². The fourth-order valence-corrected chi connectivity index (χ4v) is 2.76. The molecule has 2 aromatic rings. The summed E-state index contributed by atoms with van der Waals surface area (Å²) in [5.74, 6) is 0.934. The van der Waals surface area contributed by atoms with Gasteiger partial charge < -0.3 is 15.4 Å². The zero-order valence-electron chi connectivity index (χ0n) is 11.5. The van der Waals surface area contributed by atoms with Crippen molar-refractivity contribution in [1.82, 2.24) is 4.98 Å². The van der Waals surface area contributed by atoms with Gasteiger partial charge in [0.1, 0.15) is 5.82 Å². The van der Waals surface area contributed by atoms with Crippen LogP contribution in [0.1, 0.15) is 18.5 Å². The first-order valence-electron chi connectivity index (χ1n) is 6.84. The summed E-state index contributed by atoms with van der Waals surface area (Å²) in [5, 5.41) is 1.70. The van der Waals surface area contributed by atoms with E-state index in [-0.39, 0.29) is 6.04 Å². The number of nitrogens with two attached hydrogens (primary N) is 1. The lowest BCUT2D eigenvalue weighted by Gasteiger charge is -2.30. The normalized spacial score (nSPS) is 17.4. The standard InChI is InChI=1S/C15H18ClN3O/c1-10(17)12-9-11-3-2-4-13(16)14(11)18-15(12)19-5-7-20-8-6-19/h2-4,9-10H,5-8,17H2,1H3. The average molecular weight is 292 g/mol. The first-order chi connectivity index (χ1) is 9.66. The molecule has 106 valence electrons. The van der Waals surface area contributed by atoms with Gasteiger partial charge in [0.25, 0.3) is 0 Å². The molecule has 0 spiro atoms. The maximum Gasteiger partial charge on any atom is 0.134 e. The third-order valence-electron chi connectivity index (χ3n) is 3.61. The van der Waals surface area contributed by atoms with Crippen LogP contribution in [0.5, 0.6) is 0 Å². The number of fused-ring (bicyclic) bond motifs is 1. The van der Waals surface area contributed by atoms with Gasteiger partial charge in [-0.15, -0.1) is 0 Å². The molecule has 20 heavy (non-hydrogen) atoms. The summed E-state index contributed by atoms with van der Waals surface area (Å²) in [6, 6.07) is 7.85. The molecule has 0 amide bonds. The van der Waals surface area contributed by atoms with Crippen LogP contribution in [0.3, 0.4) is 0 Å². The van der Waals surface area contributed by atoms with E-state index in [1.54, 1.807) is 0 Å². The number of hydrogen-bond donors (Lipinski definition) is 1. The Bertz CT molecular complexity index is 624. The quantitative estimate of drug-likeness (QED) is 0.924. The van der Waals surface area contributed by atoms with Gasteiger partial charge in [-0.2, -0.15) is 0 Å². The highest BCUT2D eigenvalue weighted by molar-refractivity contribution is 6.35. The molecular weight excluding hydrogens is 274 g/mol. The number of para-hydroxylation sites is 1. The van der Waals surface area contributed by atoms with Crippen molar-refractivity contribution in [3.8, 4) is 0 Å². The summed E-state index contributed by atoms with van der Waals surface area (Å²) >= 11 is 6.26. The lowest BCUT2D eigenvalue weighted by molar-refractivity contribution is 0.122. The average Bonchev–Trinajstić information content (AvgIpc) is 2.47. The number of morpholine rings is 1. The molecule has 1 fully saturated rings. The van der Waals surface area contributed by atoms with Gasteiger partial charge in [0.05, 0.1) is 23.8 Å². The van der Waals surface area contributed by atoms with Crippen LogP contribution in [-0.4, -0.2) is 31.3 Å². The van der Waals surface area contributed by atoms with Gasteiger partial charge in [0.2, 0.25) is 0 Å². The van der Waals surface area contributed by atoms with E-state index in [1.165, 1.54) is 0 Å². The molecular formula is C15H18ClN3O. The fourth-order valence-electron chi connectivity index (χ4n) is 2.53. The second-order valence-corrected chi connectivity index (χ2v) is 5.51. The molecule has 1 saturated heterocycles. The number of halogens is 1. The molecule has 0 bridgehead atoms. The van der Waals surface area contributed by atoms with Gasteiger partial charge >= 0.3 is 0 Å². The number of rotatable bonds is 2. The minimum absolute atomic E-state index is 0.0660. The molecule has 5 heteroatoms. The minimum atomic E-state index is -0.0660. The van der Waals surface area contributed by atoms with E-state index in [1.807, 2.05) is 25.1 Å². The van der Waals surface area contributed by atoms with Crippen molar-refractivity contribution in [2.45, 2.75) is 13.0 Å². The number of hydrogen-bond acceptors (Lipinski definition) is 4. The van der Waals surface area contributed by atoms with Crippen molar-refractivity contribution in [3.05, 3.63) is 34.9 Å². The van der Waals surface area contributed by atoms with Crippen molar-refractivity contribution in [2.24, 2.45) is 5.73 Å². The van der Waals surface area contributed by atoms with E-state index in [9.17, 15) is 0 Å². The van der Waals surface area contributed by atoms with Crippen LogP contribution in [-0.2, 0) is 4.74 Å². The molecule has 1 aromatic heterocycles. The maximum absolute atomic E-state index is 6.26. The highest BCUT2D eigenvalue weighted by atomic mass is 35.5. The topological polar surface area (TPSA) is 51.4 Å². The van der Waals surface area contributed by atoms with Gasteiger partial charge in [-0.3, -0.25) is 0 Å². The predicted molar refractivity (Wildman–Crippen MR) is 82.4 cm³/mol. The van der Waals surface area contributed by atoms with Gasteiger partial charge in [-0.1, -0.05) is 23.7 Å². The first kappa shape index (κ1) is 13.6. The summed E-state index contributed by atoms with van der Waals surface area (Å²) in [4.78, 5) is 7.01. The lowest BCUT2D eigenvalue weighted by atomic mass is 10.1. The zero-order valence-corrected chi connectivity index (χ0v) is 12.2. The predicted octanol–water partition coefficient (Wildman–Crippen LogP) is 2.74. The van der Waals surface area contributed by atoms with Gasteiger partial charge in [0.15, 0.2) is 0 Å². The minimum Gasteiger partial charge on any atom is -0.378 e. The van der Waals surface area contributed by atoms with Crippen LogP contribution in [0.25, 0.3) is 10.9 Å². The molecule has 4 nitrogen and oxygen atoms in total. The number of benzene rings is 1. The highest BCUT2D eigenvalue weighted by Gasteiger charge is 2.19. The second-order valence-electron chi connectivity index (χ2n) is 5.10. The number of ether oxygens (including phenoxy) is 1. The molecule has 1 unspecified atom stereocenters. The van der Waals surface area contributed by atoms with E-state index in [2.05, 4.69) is 11.0 Å². The van der Waals surface area contributed by atoms with Crippen molar-refractivity contribution >= 4 is 28.3 Å². The van der Waals surface area contributed by atoms with Crippen molar-refractivity contribution in [2.75, 3.05) is 31.2 Å². The van der Waals surface area contributed by atoms with E-state index >= 15 is 0 Å². The Kier molecular flexibility index (Phi) is 3.78. The van der Waals surface area contributed by atoms with E-state index in [0.29, 0.717) is 5.02 Å². The molecule has 1 aliphatic heterocycles. The largest absolute Gasteiger partial charge is 0.378 e. The molecule has 1 aromatic carbocycles. The van der Waals surface area contributed by atoms with Crippen LogP contribution >= 0.6 is 11.6 Å². The summed E-state index contributed by atoms with van der Waals surface area (Å²) in [7, 11) is 0. The lowest BCUT2D eigenvalue weighted by Crippen LogP contribution is -2.37. The van der Waals surface area contributed by atoms with Gasteiger partial charge in [0, 0.05) is 30.1 Å². The Balaban J connectivity index is 2.16. The SMILES string of the molecule is CC(N)c1cc2cccc(Cl)c2nc1N1CCOCC1. The number of aromatic nitrogens is 1. The summed E-state index contributed by atoms with van der Waals surface area (Å²) in [6.45, 7) is 5.10. The number of pyridine rings is 1. The van der Waals surface area contributed by atoms with Crippen LogP contribution in [0.15, 0.2) is 24.3 Å². The summed E-state index contributed by atoms with van der Waals surface area (Å²) in [6.07, 6.45) is 0. The maximum atomic E-state index is 6.26. The third-order valence-corrected chi connectivity index (χ3v) is 3.91. The molecule has 3 rings (SSSR count). The Labute approximate surface area is 123 Å². The molecule has 1 atom stereocenters. The van der Waals surface area contributed by atoms with Crippen LogP contribution in [0, 0.1) is 0 Å². The van der Waals surface area contributed by atoms with Gasteiger partial charge in [-0.05, 0) is 19.1 Å². The Morgan fingerprint density at radius 3 is 2.80 bits per heavy atom. The monoisotopic (exact) mass is 291 g/mol. The molecule has 1 aliphatic rings. The van der Waals surface area contributed by atoms with Gasteiger partial charge in [-0.25, -0.2) is 4.98 Å². The van der Waals surface area contributed by atoms with E-state index < -0.39 is 0 Å². The molecule has 0 aliphatic carbocycles.